The molecule has 0 spiro atoms. The molecule has 0 aromatic heterocycles. The topological polar surface area (TPSA) is 181 Å². The number of carbonyl (C=O) groups is 5. The number of alkyl halides is 3. The molecule has 0 radical (unpaired) electrons. The number of nitrogens with one attached hydrogen (secondary N) is 3. The molecule has 5 rings (SSSR count). The van der Waals surface area contributed by atoms with E-state index in [1.165, 1.54) is 43.9 Å². The monoisotopic (exact) mass is 787 g/mol. The summed E-state index contributed by atoms with van der Waals surface area (Å²) in [6.45, 7) is 9.08. The highest BCUT2D eigenvalue weighted by atomic mass is 32.2. The molecule has 54 heavy (non-hydrogen) atoms. The quantitative estimate of drug-likeness (QED) is 0.223. The van der Waals surface area contributed by atoms with Crippen molar-refractivity contribution < 1.29 is 59.4 Å². The van der Waals surface area contributed by atoms with Crippen LogP contribution in [0.1, 0.15) is 71.4 Å². The van der Waals surface area contributed by atoms with Gasteiger partial charge in [-0.1, -0.05) is 39.0 Å². The maximum Gasteiger partial charge on any atom is 0.427 e. The maximum atomic E-state index is 14.3. The minimum atomic E-state index is -4.94. The number of carbonyl (C=O) groups excluding carboxylic acids is 5. The van der Waals surface area contributed by atoms with Crippen molar-refractivity contribution in [2.75, 3.05) is 13.2 Å². The Kier molecular flexibility index (Phi) is 10.8. The Balaban J connectivity index is 1.36. The van der Waals surface area contributed by atoms with Crippen molar-refractivity contribution in [1.82, 2.24) is 25.2 Å². The summed E-state index contributed by atoms with van der Waals surface area (Å²) in [5, 5.41) is 4.11. The average Bonchev–Trinajstić information content (AvgIpc) is 3.95. The van der Waals surface area contributed by atoms with Crippen molar-refractivity contribution in [3.63, 3.8) is 0 Å². The van der Waals surface area contributed by atoms with E-state index in [2.05, 4.69) is 21.9 Å². The van der Waals surface area contributed by atoms with Crippen LogP contribution in [0.4, 0.5) is 27.2 Å². The van der Waals surface area contributed by atoms with Crippen molar-refractivity contribution >= 4 is 39.9 Å². The van der Waals surface area contributed by atoms with Gasteiger partial charge in [-0.2, -0.15) is 13.2 Å². The molecule has 4 aliphatic rings. The SMILES string of the molecule is C=C[C@@H]1C[C@]1(NC(=O)[C@@H]1CC(COC(=O)N2Cc3cccc(F)c3C2)CN1C(=O)[C@@H](NC(=O)OC(C)(C)C(F)(F)F)C(C)(C)C)C(=O)NS(=O)(=O)C1CC1. The van der Waals surface area contributed by atoms with Crippen molar-refractivity contribution in [2.45, 2.75) is 108 Å². The number of likely N-dealkylation sites (tertiary alicyclic amines) is 1. The lowest BCUT2D eigenvalue weighted by atomic mass is 9.85. The lowest BCUT2D eigenvalue weighted by molar-refractivity contribution is -0.244. The third-order valence-corrected chi connectivity index (χ3v) is 12.1. The van der Waals surface area contributed by atoms with Crippen LogP contribution in [0, 0.1) is 23.1 Å². The molecule has 0 bridgehead atoms. The van der Waals surface area contributed by atoms with Gasteiger partial charge in [-0.15, -0.1) is 6.58 Å². The highest BCUT2D eigenvalue weighted by molar-refractivity contribution is 7.91. The number of alkyl carbamates (subject to hydrolysis) is 1. The normalized spacial score (nSPS) is 24.6. The van der Waals surface area contributed by atoms with Gasteiger partial charge >= 0.3 is 18.4 Å². The molecule has 1 unspecified atom stereocenters. The number of rotatable bonds is 11. The molecule has 2 saturated carbocycles. The standard InChI is InChI=1S/C35H45F4N5O9S/c1-7-21-14-34(21,29(47)42-54(50,51)22-11-12-22)41-27(45)25-13-19(18-52-31(49)43-16-20-9-8-10-24(36)23(20)17-43)15-44(25)28(46)26(32(2,3)4)40-30(48)53-33(5,6)35(37,38)39/h7-10,19,21-22,25-26H,1,11-18H2,2-6H3,(H,40,48)(H,41,45)(H,42,47)/t19?,21-,25+,26-,34-/m1/s1. The van der Waals surface area contributed by atoms with Crippen LogP contribution in [0.25, 0.3) is 0 Å². The molecule has 2 heterocycles. The van der Waals surface area contributed by atoms with Gasteiger partial charge in [0, 0.05) is 30.5 Å². The van der Waals surface area contributed by atoms with Crippen LogP contribution >= 0.6 is 0 Å². The first-order valence-corrected chi connectivity index (χ1v) is 19.0. The first kappa shape index (κ1) is 40.8. The highest BCUT2D eigenvalue weighted by Gasteiger charge is 2.62. The fourth-order valence-electron chi connectivity index (χ4n) is 6.60. The second-order valence-corrected chi connectivity index (χ2v) is 17.9. The lowest BCUT2D eigenvalue weighted by Crippen LogP contribution is -2.60. The molecule has 298 valence electrons. The molecule has 5 atom stereocenters. The Morgan fingerprint density at radius 1 is 1.07 bits per heavy atom. The number of fused-ring (bicyclic) bond motifs is 1. The van der Waals surface area contributed by atoms with E-state index in [1.807, 2.05) is 4.72 Å². The van der Waals surface area contributed by atoms with Gasteiger partial charge in [0.1, 0.15) is 23.4 Å². The average molecular weight is 788 g/mol. The number of hydrogen-bond acceptors (Lipinski definition) is 9. The fraction of sp³-hybridized carbons (Fsp3) is 0.629. The van der Waals surface area contributed by atoms with Crippen LogP contribution in [0.2, 0.25) is 0 Å². The van der Waals surface area contributed by atoms with Crippen molar-refractivity contribution in [2.24, 2.45) is 17.3 Å². The number of nitrogens with zero attached hydrogens (tertiary/aromatic N) is 2. The second kappa shape index (κ2) is 14.3. The van der Waals surface area contributed by atoms with Crippen LogP contribution in [0.5, 0.6) is 0 Å². The second-order valence-electron chi connectivity index (χ2n) is 15.9. The fourth-order valence-corrected chi connectivity index (χ4v) is 7.96. The van der Waals surface area contributed by atoms with Crippen LogP contribution < -0.4 is 15.4 Å². The van der Waals surface area contributed by atoms with Crippen LogP contribution in [0.15, 0.2) is 30.9 Å². The minimum absolute atomic E-state index is 0.0157. The van der Waals surface area contributed by atoms with E-state index in [4.69, 9.17) is 4.74 Å². The Bertz CT molecular complexity index is 1830. The zero-order chi connectivity index (χ0) is 40.2. The van der Waals surface area contributed by atoms with Gasteiger partial charge in [0.15, 0.2) is 0 Å². The molecule has 5 amide bonds. The van der Waals surface area contributed by atoms with E-state index >= 15 is 0 Å². The van der Waals surface area contributed by atoms with E-state index in [1.54, 1.807) is 6.07 Å². The zero-order valence-corrected chi connectivity index (χ0v) is 31.4. The number of sulfonamides is 1. The van der Waals surface area contributed by atoms with Crippen LogP contribution in [-0.2, 0) is 47.0 Å². The molecular formula is C35H45F4N5O9S. The van der Waals surface area contributed by atoms with Gasteiger partial charge in [-0.25, -0.2) is 22.4 Å². The number of ether oxygens (including phenoxy) is 2. The summed E-state index contributed by atoms with van der Waals surface area (Å²) in [6, 6.07) is 1.58. The van der Waals surface area contributed by atoms with E-state index in [0.717, 1.165) is 4.90 Å². The Labute approximate surface area is 310 Å². The third kappa shape index (κ3) is 8.44. The Hall–Kier alpha value is -4.42. The van der Waals surface area contributed by atoms with Gasteiger partial charge in [0.25, 0.3) is 5.91 Å². The van der Waals surface area contributed by atoms with E-state index in [-0.39, 0.29) is 39.1 Å². The summed E-state index contributed by atoms with van der Waals surface area (Å²) >= 11 is 0. The summed E-state index contributed by atoms with van der Waals surface area (Å²) in [4.78, 5) is 69.9. The molecule has 3 N–H and O–H groups in total. The first-order chi connectivity index (χ1) is 24.9. The Morgan fingerprint density at radius 3 is 2.30 bits per heavy atom. The van der Waals surface area contributed by atoms with E-state index in [9.17, 15) is 50.0 Å². The predicted molar refractivity (Wildman–Crippen MR) is 183 cm³/mol. The molecule has 2 aliphatic carbocycles. The van der Waals surface area contributed by atoms with Gasteiger partial charge < -0.3 is 25.0 Å². The highest BCUT2D eigenvalue weighted by Crippen LogP contribution is 2.46. The van der Waals surface area contributed by atoms with Gasteiger partial charge in [-0.05, 0) is 56.6 Å². The van der Waals surface area contributed by atoms with Crippen molar-refractivity contribution in [1.29, 1.82) is 0 Å². The van der Waals surface area contributed by atoms with Gasteiger partial charge in [0.05, 0.1) is 18.4 Å². The third-order valence-electron chi connectivity index (χ3n) is 10.3. The van der Waals surface area contributed by atoms with E-state index in [0.29, 0.717) is 37.8 Å². The first-order valence-electron chi connectivity index (χ1n) is 17.5. The number of halogens is 4. The van der Waals surface area contributed by atoms with Gasteiger partial charge in [0.2, 0.25) is 27.4 Å². The van der Waals surface area contributed by atoms with Crippen molar-refractivity contribution in [3.8, 4) is 0 Å². The number of amides is 5. The summed E-state index contributed by atoms with van der Waals surface area (Å²) in [5.41, 5.74) is -4.80. The molecule has 2 aliphatic heterocycles. The lowest BCUT2D eigenvalue weighted by Gasteiger charge is -2.36. The minimum Gasteiger partial charge on any atom is -0.449 e. The molecule has 3 fully saturated rings. The number of benzene rings is 1. The number of hydrogen-bond donors (Lipinski definition) is 3. The van der Waals surface area contributed by atoms with Gasteiger partial charge in [-0.3, -0.25) is 24.0 Å². The summed E-state index contributed by atoms with van der Waals surface area (Å²) < 4.78 is 92.3. The summed E-state index contributed by atoms with van der Waals surface area (Å²) in [5.74, 6) is -4.53. The summed E-state index contributed by atoms with van der Waals surface area (Å²) in [7, 11) is -4.00. The molecule has 14 nitrogen and oxygen atoms in total. The largest absolute Gasteiger partial charge is 0.449 e. The van der Waals surface area contributed by atoms with Crippen LogP contribution in [0.3, 0.4) is 0 Å². The van der Waals surface area contributed by atoms with Crippen LogP contribution in [-0.4, -0.2) is 95.9 Å². The summed E-state index contributed by atoms with van der Waals surface area (Å²) in [6.07, 6.45) is -5.22. The molecule has 1 aromatic rings. The van der Waals surface area contributed by atoms with E-state index < -0.39 is 97.6 Å². The molecule has 1 saturated heterocycles. The molecule has 1 aromatic carbocycles. The maximum absolute atomic E-state index is 14.3. The predicted octanol–water partition coefficient (Wildman–Crippen LogP) is 3.65. The van der Waals surface area contributed by atoms with Crippen molar-refractivity contribution in [3.05, 3.63) is 47.8 Å². The Morgan fingerprint density at radius 2 is 1.74 bits per heavy atom. The zero-order valence-electron chi connectivity index (χ0n) is 30.5. The molecular weight excluding hydrogens is 742 g/mol. The smallest absolute Gasteiger partial charge is 0.427 e. The molecule has 19 heteroatoms.